The van der Waals surface area contributed by atoms with E-state index in [2.05, 4.69) is 45.4 Å². The largest absolute Gasteiger partial charge is 0.509 e. The van der Waals surface area contributed by atoms with Crippen molar-refractivity contribution in [1.29, 1.82) is 0 Å². The van der Waals surface area contributed by atoms with Crippen LogP contribution in [0.5, 0.6) is 0 Å². The van der Waals surface area contributed by atoms with Crippen molar-refractivity contribution in [2.24, 2.45) is 0 Å². The summed E-state index contributed by atoms with van der Waals surface area (Å²) in [5.41, 5.74) is 4.07. The predicted octanol–water partition coefficient (Wildman–Crippen LogP) is 2.82. The number of rotatable bonds is 5. The Balaban J connectivity index is 1.86. The van der Waals surface area contributed by atoms with Gasteiger partial charge >= 0.3 is 0 Å². The third-order valence-electron chi connectivity index (χ3n) is 4.94. The lowest BCUT2D eigenvalue weighted by atomic mass is 10.1. The molecule has 0 spiro atoms. The number of piperazine rings is 1. The summed E-state index contributed by atoms with van der Waals surface area (Å²) in [5, 5.41) is 22.0. The molecule has 0 aromatic carbocycles. The highest BCUT2D eigenvalue weighted by Crippen LogP contribution is 2.35. The Bertz CT molecular complexity index is 761. The van der Waals surface area contributed by atoms with Crippen molar-refractivity contribution in [2.75, 3.05) is 31.1 Å². The zero-order valence-electron chi connectivity index (χ0n) is 15.4. The van der Waals surface area contributed by atoms with E-state index in [1.807, 2.05) is 6.92 Å². The molecule has 2 aliphatic heterocycles. The molecule has 1 saturated heterocycles. The molecule has 0 amide bonds. The molecule has 0 saturated carbocycles. The molecular weight excluding hydrogens is 350 g/mol. The minimum atomic E-state index is 0.0383. The second kappa shape index (κ2) is 7.78. The quantitative estimate of drug-likeness (QED) is 0.609. The molecule has 6 nitrogen and oxygen atoms in total. The zero-order chi connectivity index (χ0) is 18.8. The molecule has 1 aromatic rings. The van der Waals surface area contributed by atoms with Gasteiger partial charge in [-0.1, -0.05) is 30.3 Å². The molecule has 2 aliphatic rings. The summed E-state index contributed by atoms with van der Waals surface area (Å²) in [6, 6.07) is 0.362. The minimum Gasteiger partial charge on any atom is -0.509 e. The molecule has 26 heavy (non-hydrogen) atoms. The summed E-state index contributed by atoms with van der Waals surface area (Å²) in [6.07, 6.45) is 1.67. The van der Waals surface area contributed by atoms with Gasteiger partial charge in [-0.15, -0.1) is 10.2 Å². The molecule has 3 heterocycles. The molecule has 0 aliphatic carbocycles. The first-order valence-corrected chi connectivity index (χ1v) is 9.22. The van der Waals surface area contributed by atoms with Gasteiger partial charge in [-0.05, 0) is 25.5 Å². The second-order valence-electron chi connectivity index (χ2n) is 7.10. The number of nitrogens with zero attached hydrogens (tertiary/aromatic N) is 4. The van der Waals surface area contributed by atoms with Crippen molar-refractivity contribution in [1.82, 2.24) is 20.4 Å². The maximum Gasteiger partial charge on any atom is 0.156 e. The summed E-state index contributed by atoms with van der Waals surface area (Å²) in [4.78, 5) is 4.58. The lowest BCUT2D eigenvalue weighted by Gasteiger charge is -2.35. The summed E-state index contributed by atoms with van der Waals surface area (Å²) in [7, 11) is 0. The van der Waals surface area contributed by atoms with Crippen LogP contribution in [-0.4, -0.2) is 52.4 Å². The molecule has 1 unspecified atom stereocenters. The van der Waals surface area contributed by atoms with E-state index in [0.717, 1.165) is 54.3 Å². The van der Waals surface area contributed by atoms with E-state index in [-0.39, 0.29) is 5.76 Å². The molecule has 1 fully saturated rings. The maximum atomic E-state index is 9.52. The third kappa shape index (κ3) is 3.92. The molecular formula is C19H26ClN5O. The highest BCUT2D eigenvalue weighted by molar-refractivity contribution is 6.30. The van der Waals surface area contributed by atoms with Gasteiger partial charge in [0, 0.05) is 56.4 Å². The lowest BCUT2D eigenvalue weighted by molar-refractivity contribution is 0.310. The Morgan fingerprint density at radius 2 is 2.08 bits per heavy atom. The van der Waals surface area contributed by atoms with Crippen LogP contribution in [-0.2, 0) is 13.1 Å². The number of halogens is 1. The Hall–Kier alpha value is -1.89. The van der Waals surface area contributed by atoms with Crippen molar-refractivity contribution in [3.05, 3.63) is 52.4 Å². The lowest BCUT2D eigenvalue weighted by Crippen LogP contribution is -2.50. The monoisotopic (exact) mass is 375 g/mol. The number of fused-ring (bicyclic) bond motifs is 1. The summed E-state index contributed by atoms with van der Waals surface area (Å²) in [5.74, 6) is 0.977. The van der Waals surface area contributed by atoms with Crippen molar-refractivity contribution < 1.29 is 5.11 Å². The fraction of sp³-hybridized carbons (Fsp3) is 0.474. The fourth-order valence-electron chi connectivity index (χ4n) is 3.55. The van der Waals surface area contributed by atoms with E-state index < -0.39 is 0 Å². The number of nitrogens with one attached hydrogen (secondary N) is 1. The predicted molar refractivity (Wildman–Crippen MR) is 105 cm³/mol. The van der Waals surface area contributed by atoms with Crippen molar-refractivity contribution >= 4 is 17.4 Å². The molecule has 2 N–H and O–H groups in total. The van der Waals surface area contributed by atoms with Gasteiger partial charge in [0.2, 0.25) is 0 Å². The van der Waals surface area contributed by atoms with Gasteiger partial charge in [0.05, 0.1) is 0 Å². The second-order valence-corrected chi connectivity index (χ2v) is 7.46. The molecule has 0 bridgehead atoms. The van der Waals surface area contributed by atoms with Gasteiger partial charge in [-0.25, -0.2) is 0 Å². The number of aliphatic hydroxyl groups is 1. The number of anilines is 1. The standard InChI is InChI=1S/C19H26ClN5O/c1-12(2)15(7-14(4)26)9-24-10-16-17(11-24)19(23-22-18(16)20)25-6-5-21-8-13(25)3/h7,13,21,26H,1,4-6,8-11H2,2-3H3/b15-7-. The Morgan fingerprint density at radius 1 is 1.35 bits per heavy atom. The van der Waals surface area contributed by atoms with E-state index in [1.54, 1.807) is 6.08 Å². The van der Waals surface area contributed by atoms with Crippen LogP contribution in [0, 0.1) is 0 Å². The molecule has 0 radical (unpaired) electrons. The van der Waals surface area contributed by atoms with E-state index in [0.29, 0.717) is 24.3 Å². The van der Waals surface area contributed by atoms with Crippen molar-refractivity contribution in [3.8, 4) is 0 Å². The Kier molecular flexibility index (Phi) is 5.65. The van der Waals surface area contributed by atoms with E-state index in [9.17, 15) is 5.11 Å². The van der Waals surface area contributed by atoms with Crippen molar-refractivity contribution in [3.63, 3.8) is 0 Å². The highest BCUT2D eigenvalue weighted by atomic mass is 35.5. The summed E-state index contributed by atoms with van der Waals surface area (Å²) in [6.45, 7) is 16.6. The van der Waals surface area contributed by atoms with Crippen LogP contribution < -0.4 is 10.2 Å². The van der Waals surface area contributed by atoms with E-state index >= 15 is 0 Å². The average Bonchev–Trinajstić information content (AvgIpc) is 3.00. The van der Waals surface area contributed by atoms with E-state index in [4.69, 9.17) is 11.6 Å². The normalized spacial score (nSPS) is 21.0. The summed E-state index contributed by atoms with van der Waals surface area (Å²) >= 11 is 6.35. The van der Waals surface area contributed by atoms with Crippen LogP contribution in [0.4, 0.5) is 5.82 Å². The van der Waals surface area contributed by atoms with Gasteiger partial charge < -0.3 is 15.3 Å². The number of aromatic nitrogens is 2. The van der Waals surface area contributed by atoms with Gasteiger partial charge in [-0.2, -0.15) is 0 Å². The smallest absolute Gasteiger partial charge is 0.156 e. The van der Waals surface area contributed by atoms with Crippen LogP contribution in [0.1, 0.15) is 25.0 Å². The number of aliphatic hydroxyl groups excluding tert-OH is 1. The van der Waals surface area contributed by atoms with E-state index in [1.165, 1.54) is 0 Å². The van der Waals surface area contributed by atoms with Crippen LogP contribution >= 0.6 is 11.6 Å². The van der Waals surface area contributed by atoms with Gasteiger partial charge in [0.1, 0.15) is 5.76 Å². The number of hydrogen-bond acceptors (Lipinski definition) is 6. The van der Waals surface area contributed by atoms with Crippen LogP contribution in [0.2, 0.25) is 5.15 Å². The maximum absolute atomic E-state index is 9.52. The molecule has 7 heteroatoms. The average molecular weight is 376 g/mol. The van der Waals surface area contributed by atoms with Crippen molar-refractivity contribution in [2.45, 2.75) is 33.0 Å². The summed E-state index contributed by atoms with van der Waals surface area (Å²) < 4.78 is 0. The zero-order valence-corrected chi connectivity index (χ0v) is 16.2. The molecule has 1 atom stereocenters. The molecule has 140 valence electrons. The molecule has 3 rings (SSSR count). The highest BCUT2D eigenvalue weighted by Gasteiger charge is 2.31. The first-order valence-electron chi connectivity index (χ1n) is 8.84. The van der Waals surface area contributed by atoms with Crippen LogP contribution in [0.25, 0.3) is 0 Å². The van der Waals surface area contributed by atoms with Crippen LogP contribution in [0.15, 0.2) is 36.1 Å². The Morgan fingerprint density at radius 3 is 2.73 bits per heavy atom. The number of hydrogen-bond donors (Lipinski definition) is 2. The van der Waals surface area contributed by atoms with Gasteiger partial charge in [-0.3, -0.25) is 4.90 Å². The molecule has 1 aromatic heterocycles. The first-order chi connectivity index (χ1) is 12.4. The minimum absolute atomic E-state index is 0.0383. The fourth-order valence-corrected chi connectivity index (χ4v) is 3.76. The van der Waals surface area contributed by atoms with Gasteiger partial charge in [0.25, 0.3) is 0 Å². The topological polar surface area (TPSA) is 64.5 Å². The van der Waals surface area contributed by atoms with Gasteiger partial charge in [0.15, 0.2) is 11.0 Å². The number of allylic oxidation sites excluding steroid dienone is 1. The Labute approximate surface area is 159 Å². The first kappa shape index (κ1) is 18.9. The third-order valence-corrected chi connectivity index (χ3v) is 5.24. The SMILES string of the molecule is C=C(O)/C=C(/CN1Cc2c(Cl)nnc(N3CCNCC3C)c2C1)C(=C)C. The van der Waals surface area contributed by atoms with Crippen LogP contribution in [0.3, 0.4) is 0 Å².